The number of carbonyl (C=O) groups excluding carboxylic acids is 1. The van der Waals surface area contributed by atoms with Crippen LogP contribution in [0.1, 0.15) is 25.6 Å². The van der Waals surface area contributed by atoms with Crippen LogP contribution in [0, 0.1) is 0 Å². The summed E-state index contributed by atoms with van der Waals surface area (Å²) in [4.78, 5) is 21.3. The van der Waals surface area contributed by atoms with Crippen molar-refractivity contribution in [1.29, 1.82) is 0 Å². The summed E-state index contributed by atoms with van der Waals surface area (Å²) in [6.07, 6.45) is 0.759. The Morgan fingerprint density at radius 3 is 2.91 bits per heavy atom. The van der Waals surface area contributed by atoms with Gasteiger partial charge >= 0.3 is 0 Å². The lowest BCUT2D eigenvalue weighted by atomic mass is 10.1. The van der Waals surface area contributed by atoms with Crippen LogP contribution in [0.2, 0.25) is 0 Å². The number of hydrogen-bond acceptors (Lipinski definition) is 6. The van der Waals surface area contributed by atoms with Crippen LogP contribution in [-0.4, -0.2) is 27.9 Å². The van der Waals surface area contributed by atoms with E-state index in [4.69, 9.17) is 9.36 Å². The summed E-state index contributed by atoms with van der Waals surface area (Å²) in [5.41, 5.74) is 1.73. The molecule has 0 spiro atoms. The van der Waals surface area contributed by atoms with Gasteiger partial charge in [0.1, 0.15) is 0 Å². The van der Waals surface area contributed by atoms with Crippen LogP contribution in [0.3, 0.4) is 0 Å². The molecule has 0 radical (unpaired) electrons. The maximum Gasteiger partial charge on any atom is 0.264 e. The second-order valence-corrected chi connectivity index (χ2v) is 4.91. The number of nitrogens with one attached hydrogen (secondary N) is 1. The number of nitrogens with zero attached hydrogens (tertiary/aromatic N) is 3. The van der Waals surface area contributed by atoms with Crippen LogP contribution in [0.15, 0.2) is 40.0 Å². The Morgan fingerprint density at radius 2 is 2.18 bits per heavy atom. The fourth-order valence-electron chi connectivity index (χ4n) is 2.08. The van der Waals surface area contributed by atoms with Crippen molar-refractivity contribution in [2.24, 2.45) is 5.16 Å². The lowest BCUT2D eigenvalue weighted by Gasteiger charge is -2.07. The van der Waals surface area contributed by atoms with Crippen LogP contribution in [0.25, 0.3) is 11.5 Å². The highest BCUT2D eigenvalue weighted by Crippen LogP contribution is 2.16. The molecule has 0 saturated heterocycles. The first-order valence-corrected chi connectivity index (χ1v) is 7.13. The highest BCUT2D eigenvalue weighted by Gasteiger charge is 2.27. The van der Waals surface area contributed by atoms with Crippen LogP contribution in [0.4, 0.5) is 0 Å². The third-order valence-electron chi connectivity index (χ3n) is 3.34. The number of amides is 1. The molecule has 1 amide bonds. The predicted molar refractivity (Wildman–Crippen MR) is 78.8 cm³/mol. The molecular weight excluding hydrogens is 284 g/mol. The summed E-state index contributed by atoms with van der Waals surface area (Å²) in [6.45, 7) is 2.17. The van der Waals surface area contributed by atoms with Crippen LogP contribution in [0.5, 0.6) is 0 Å². The summed E-state index contributed by atoms with van der Waals surface area (Å²) in [5.74, 6) is 0.624. The van der Waals surface area contributed by atoms with E-state index in [0.717, 1.165) is 17.7 Å². The summed E-state index contributed by atoms with van der Waals surface area (Å²) in [6, 6.07) is 9.46. The molecule has 1 aromatic carbocycles. The van der Waals surface area contributed by atoms with Crippen LogP contribution < -0.4 is 5.32 Å². The first-order chi connectivity index (χ1) is 10.8. The average molecular weight is 300 g/mol. The molecule has 7 heteroatoms. The normalized spacial score (nSPS) is 17.0. The Balaban J connectivity index is 1.54. The number of carbonyl (C=O) groups is 1. The second-order valence-electron chi connectivity index (χ2n) is 4.91. The number of oxime groups is 1. The zero-order chi connectivity index (χ0) is 15.4. The van der Waals surface area contributed by atoms with E-state index in [0.29, 0.717) is 18.1 Å². The predicted octanol–water partition coefficient (Wildman–Crippen LogP) is 1.91. The molecule has 2 heterocycles. The number of benzene rings is 1. The number of rotatable bonds is 5. The third-order valence-corrected chi connectivity index (χ3v) is 3.34. The quantitative estimate of drug-likeness (QED) is 0.911. The van der Waals surface area contributed by atoms with Gasteiger partial charge in [-0.05, 0) is 18.6 Å². The van der Waals surface area contributed by atoms with Gasteiger partial charge in [0.05, 0.1) is 12.3 Å². The lowest BCUT2D eigenvalue weighted by molar-refractivity contribution is -0.131. The maximum atomic E-state index is 12.0. The van der Waals surface area contributed by atoms with E-state index in [2.05, 4.69) is 20.6 Å². The second kappa shape index (κ2) is 6.38. The molecule has 0 fully saturated rings. The molecule has 114 valence electrons. The molecule has 0 unspecified atom stereocenters. The smallest absolute Gasteiger partial charge is 0.264 e. The van der Waals surface area contributed by atoms with E-state index in [-0.39, 0.29) is 12.5 Å². The van der Waals surface area contributed by atoms with E-state index in [9.17, 15) is 4.79 Å². The summed E-state index contributed by atoms with van der Waals surface area (Å²) >= 11 is 0. The van der Waals surface area contributed by atoms with Gasteiger partial charge in [-0.2, -0.15) is 4.98 Å². The van der Waals surface area contributed by atoms with Crippen LogP contribution >= 0.6 is 0 Å². The fourth-order valence-corrected chi connectivity index (χ4v) is 2.08. The SMILES string of the molecule is CCC1=NO[C@@H](C(=O)NCc2noc(-c3ccccc3)n2)C1. The minimum atomic E-state index is -0.560. The van der Waals surface area contributed by atoms with Gasteiger partial charge in [-0.3, -0.25) is 4.79 Å². The van der Waals surface area contributed by atoms with E-state index < -0.39 is 6.10 Å². The third kappa shape index (κ3) is 3.13. The topological polar surface area (TPSA) is 89.6 Å². The monoisotopic (exact) mass is 300 g/mol. The maximum absolute atomic E-state index is 12.0. The van der Waals surface area contributed by atoms with Gasteiger partial charge in [0, 0.05) is 12.0 Å². The molecule has 1 atom stereocenters. The van der Waals surface area contributed by atoms with Crippen molar-refractivity contribution >= 4 is 11.6 Å². The van der Waals surface area contributed by atoms with E-state index >= 15 is 0 Å². The lowest BCUT2D eigenvalue weighted by Crippen LogP contribution is -2.34. The largest absolute Gasteiger partial charge is 0.382 e. The van der Waals surface area contributed by atoms with Crippen LogP contribution in [-0.2, 0) is 16.2 Å². The zero-order valence-corrected chi connectivity index (χ0v) is 12.2. The molecule has 3 rings (SSSR count). The Bertz CT molecular complexity index is 681. The summed E-state index contributed by atoms with van der Waals surface area (Å²) < 4.78 is 5.18. The summed E-state index contributed by atoms with van der Waals surface area (Å²) in [7, 11) is 0. The number of hydrogen-bond donors (Lipinski definition) is 1. The molecule has 0 aliphatic carbocycles. The molecule has 0 saturated carbocycles. The van der Waals surface area contributed by atoms with Crippen molar-refractivity contribution in [3.05, 3.63) is 36.2 Å². The molecule has 1 aliphatic heterocycles. The van der Waals surface area contributed by atoms with Gasteiger partial charge in [-0.1, -0.05) is 35.4 Å². The molecule has 22 heavy (non-hydrogen) atoms. The van der Waals surface area contributed by atoms with Crippen molar-refractivity contribution in [3.8, 4) is 11.5 Å². The van der Waals surface area contributed by atoms with Crippen molar-refractivity contribution in [1.82, 2.24) is 15.5 Å². The fraction of sp³-hybridized carbons (Fsp3) is 0.333. The van der Waals surface area contributed by atoms with Crippen molar-refractivity contribution in [2.45, 2.75) is 32.4 Å². The molecule has 0 bridgehead atoms. The first kappa shape index (κ1) is 14.2. The Hall–Kier alpha value is -2.70. The van der Waals surface area contributed by atoms with Gasteiger partial charge in [-0.25, -0.2) is 0 Å². The molecule has 2 aromatic rings. The minimum absolute atomic E-state index is 0.191. The molecule has 1 aliphatic rings. The standard InChI is InChI=1S/C15H16N4O3/c1-2-11-8-12(21-18-11)14(20)16-9-13-17-15(22-19-13)10-6-4-3-5-7-10/h3-7,12H,2,8-9H2,1H3,(H,16,20)/t12-/m1/s1. The minimum Gasteiger partial charge on any atom is -0.382 e. The van der Waals surface area contributed by atoms with Gasteiger partial charge < -0.3 is 14.7 Å². The Kier molecular flexibility index (Phi) is 4.13. The average Bonchev–Trinajstić information content (AvgIpc) is 3.22. The van der Waals surface area contributed by atoms with Gasteiger partial charge in [-0.15, -0.1) is 0 Å². The summed E-state index contributed by atoms with van der Waals surface area (Å²) in [5, 5.41) is 10.4. The molecule has 1 N–H and O–H groups in total. The van der Waals surface area contributed by atoms with Crippen molar-refractivity contribution in [2.75, 3.05) is 0 Å². The van der Waals surface area contributed by atoms with E-state index in [1.54, 1.807) is 0 Å². The van der Waals surface area contributed by atoms with Gasteiger partial charge in [0.15, 0.2) is 5.82 Å². The zero-order valence-electron chi connectivity index (χ0n) is 12.2. The number of aromatic nitrogens is 2. The van der Waals surface area contributed by atoms with E-state index in [1.165, 1.54) is 0 Å². The van der Waals surface area contributed by atoms with Crippen molar-refractivity contribution in [3.63, 3.8) is 0 Å². The highest BCUT2D eigenvalue weighted by atomic mass is 16.6. The van der Waals surface area contributed by atoms with Gasteiger partial charge in [0.25, 0.3) is 11.8 Å². The van der Waals surface area contributed by atoms with E-state index in [1.807, 2.05) is 37.3 Å². The Labute approximate surface area is 127 Å². The van der Waals surface area contributed by atoms with Crippen molar-refractivity contribution < 1.29 is 14.2 Å². The first-order valence-electron chi connectivity index (χ1n) is 7.13. The molecular formula is C15H16N4O3. The Morgan fingerprint density at radius 1 is 1.36 bits per heavy atom. The molecule has 7 nitrogen and oxygen atoms in total. The van der Waals surface area contributed by atoms with Gasteiger partial charge in [0.2, 0.25) is 6.10 Å². The highest BCUT2D eigenvalue weighted by molar-refractivity contribution is 5.92. The molecule has 1 aromatic heterocycles.